The van der Waals surface area contributed by atoms with Crippen LogP contribution in [0, 0.1) is 0 Å². The van der Waals surface area contributed by atoms with E-state index in [9.17, 15) is 9.59 Å². The number of carbonyl (C=O) groups excluding carboxylic acids is 1. The Morgan fingerprint density at radius 2 is 2.14 bits per heavy atom. The van der Waals surface area contributed by atoms with Gasteiger partial charge in [0.05, 0.1) is 5.56 Å². The third kappa shape index (κ3) is 3.80. The van der Waals surface area contributed by atoms with Gasteiger partial charge in [0.2, 0.25) is 0 Å². The molecular weight excluding hydrogens is 300 g/mol. The third-order valence-corrected chi connectivity index (χ3v) is 2.70. The predicted molar refractivity (Wildman–Crippen MR) is 73.6 cm³/mol. The molecule has 1 aromatic heterocycles. The highest BCUT2D eigenvalue weighted by Gasteiger charge is 2.14. The molecule has 0 bridgehead atoms. The Bertz CT molecular complexity index is 683. The number of carboxylic acids is 1. The summed E-state index contributed by atoms with van der Waals surface area (Å²) in [6.45, 7) is 0.195. The van der Waals surface area contributed by atoms with Gasteiger partial charge in [-0.2, -0.15) is 0 Å². The van der Waals surface area contributed by atoms with E-state index < -0.39 is 11.9 Å². The van der Waals surface area contributed by atoms with Crippen molar-refractivity contribution in [1.82, 2.24) is 5.16 Å². The number of hydrogen-bond acceptors (Lipinski definition) is 5. The van der Waals surface area contributed by atoms with Gasteiger partial charge in [0.15, 0.2) is 11.5 Å². The van der Waals surface area contributed by atoms with Gasteiger partial charge in [-0.15, -0.1) is 0 Å². The second-order valence-corrected chi connectivity index (χ2v) is 4.54. The molecule has 0 atom stereocenters. The van der Waals surface area contributed by atoms with Gasteiger partial charge < -0.3 is 19.7 Å². The fourth-order valence-electron chi connectivity index (χ4n) is 1.61. The smallest absolute Gasteiger partial charge is 0.335 e. The minimum Gasteiger partial charge on any atom is -0.478 e. The molecular formula is C13H11ClN2O5. The zero-order valence-corrected chi connectivity index (χ0v) is 11.7. The number of anilines is 1. The van der Waals surface area contributed by atoms with Crippen LogP contribution >= 0.6 is 11.6 Å². The van der Waals surface area contributed by atoms with Crippen molar-refractivity contribution in [3.05, 3.63) is 46.3 Å². The normalized spacial score (nSPS) is 10.4. The maximum atomic E-state index is 12.0. The summed E-state index contributed by atoms with van der Waals surface area (Å²) >= 11 is 5.80. The lowest BCUT2D eigenvalue weighted by molar-refractivity contribution is 0.0696. The Morgan fingerprint density at radius 3 is 2.81 bits per heavy atom. The monoisotopic (exact) mass is 310 g/mol. The van der Waals surface area contributed by atoms with E-state index in [1.54, 1.807) is 0 Å². The Morgan fingerprint density at radius 1 is 1.38 bits per heavy atom. The Balaban J connectivity index is 2.16. The number of ether oxygens (including phenoxy) is 1. The number of amides is 1. The largest absolute Gasteiger partial charge is 0.478 e. The molecule has 0 saturated carbocycles. The summed E-state index contributed by atoms with van der Waals surface area (Å²) in [5.41, 5.74) is 0.276. The molecule has 8 heteroatoms. The maximum Gasteiger partial charge on any atom is 0.335 e. The van der Waals surface area contributed by atoms with E-state index in [-0.39, 0.29) is 28.6 Å². The fourth-order valence-corrected chi connectivity index (χ4v) is 1.85. The second-order valence-electron chi connectivity index (χ2n) is 4.10. The third-order valence-electron chi connectivity index (χ3n) is 2.48. The average Bonchev–Trinajstić information content (AvgIpc) is 2.87. The zero-order chi connectivity index (χ0) is 15.4. The summed E-state index contributed by atoms with van der Waals surface area (Å²) in [6, 6.07) is 5.44. The summed E-state index contributed by atoms with van der Waals surface area (Å²) in [6.07, 6.45) is 0. The lowest BCUT2D eigenvalue weighted by Crippen LogP contribution is -2.12. The molecule has 0 unspecified atom stereocenters. The lowest BCUT2D eigenvalue weighted by atomic mass is 10.2. The molecule has 1 heterocycles. The molecule has 21 heavy (non-hydrogen) atoms. The molecule has 0 saturated heterocycles. The summed E-state index contributed by atoms with van der Waals surface area (Å²) in [4.78, 5) is 22.9. The number of hydrogen-bond donors (Lipinski definition) is 2. The first-order chi connectivity index (χ1) is 9.99. The topological polar surface area (TPSA) is 102 Å². The van der Waals surface area contributed by atoms with Crippen LogP contribution in [0.5, 0.6) is 0 Å². The van der Waals surface area contributed by atoms with E-state index in [1.807, 2.05) is 0 Å². The van der Waals surface area contributed by atoms with Crippen LogP contribution < -0.4 is 5.32 Å². The second kappa shape index (κ2) is 6.38. The van der Waals surface area contributed by atoms with Crippen LogP contribution in [-0.4, -0.2) is 29.2 Å². The van der Waals surface area contributed by atoms with Gasteiger partial charge in [-0.3, -0.25) is 4.79 Å². The number of carboxylic acid groups (broad SMARTS) is 1. The first-order valence-electron chi connectivity index (χ1n) is 5.79. The molecule has 7 nitrogen and oxygen atoms in total. The molecule has 0 aliphatic heterocycles. The van der Waals surface area contributed by atoms with E-state index in [0.717, 1.165) is 0 Å². The van der Waals surface area contributed by atoms with Crippen molar-refractivity contribution in [3.8, 4) is 0 Å². The molecule has 1 aromatic carbocycles. The maximum absolute atomic E-state index is 12.0. The van der Waals surface area contributed by atoms with Crippen molar-refractivity contribution in [2.45, 2.75) is 6.61 Å². The van der Waals surface area contributed by atoms with Crippen LogP contribution in [0.1, 0.15) is 26.6 Å². The molecule has 1 amide bonds. The lowest BCUT2D eigenvalue weighted by Gasteiger charge is -2.05. The van der Waals surface area contributed by atoms with Gasteiger partial charge in [-0.25, -0.2) is 4.79 Å². The number of aromatic carboxylic acids is 1. The van der Waals surface area contributed by atoms with Gasteiger partial charge in [0.1, 0.15) is 6.61 Å². The molecule has 2 N–H and O–H groups in total. The summed E-state index contributed by atoms with van der Waals surface area (Å²) in [7, 11) is 1.49. The SMILES string of the molecule is COCc1cc(C(=O)Nc2cc(Cl)cc(C(=O)O)c2)no1. The zero-order valence-electron chi connectivity index (χ0n) is 10.9. The van der Waals surface area contributed by atoms with Gasteiger partial charge in [0, 0.05) is 23.9 Å². The van der Waals surface area contributed by atoms with Crippen LogP contribution in [0.2, 0.25) is 5.02 Å². The van der Waals surface area contributed by atoms with Crippen LogP contribution in [0.4, 0.5) is 5.69 Å². The van der Waals surface area contributed by atoms with E-state index in [4.69, 9.17) is 26.0 Å². The Labute approximate surface area is 124 Å². The molecule has 2 aromatic rings. The van der Waals surface area contributed by atoms with Gasteiger partial charge in [-0.1, -0.05) is 16.8 Å². The number of methoxy groups -OCH3 is 1. The van der Waals surface area contributed by atoms with E-state index in [0.29, 0.717) is 5.76 Å². The summed E-state index contributed by atoms with van der Waals surface area (Å²) in [5.74, 6) is -1.28. The Kier molecular flexibility index (Phi) is 4.56. The Hall–Kier alpha value is -2.38. The van der Waals surface area contributed by atoms with Gasteiger partial charge >= 0.3 is 5.97 Å². The number of carbonyl (C=O) groups is 2. The van der Waals surface area contributed by atoms with Crippen molar-refractivity contribution >= 4 is 29.2 Å². The highest BCUT2D eigenvalue weighted by molar-refractivity contribution is 6.31. The summed E-state index contributed by atoms with van der Waals surface area (Å²) < 4.78 is 9.74. The number of nitrogens with one attached hydrogen (secondary N) is 1. The van der Waals surface area contributed by atoms with Crippen molar-refractivity contribution in [1.29, 1.82) is 0 Å². The summed E-state index contributed by atoms with van der Waals surface area (Å²) in [5, 5.41) is 15.2. The number of benzene rings is 1. The van der Waals surface area contributed by atoms with Crippen LogP contribution in [0.15, 0.2) is 28.8 Å². The molecule has 0 aliphatic carbocycles. The van der Waals surface area contributed by atoms with Crippen molar-refractivity contribution in [2.24, 2.45) is 0 Å². The van der Waals surface area contributed by atoms with Crippen molar-refractivity contribution < 1.29 is 24.0 Å². The van der Waals surface area contributed by atoms with E-state index >= 15 is 0 Å². The van der Waals surface area contributed by atoms with Crippen LogP contribution in [-0.2, 0) is 11.3 Å². The number of rotatable bonds is 5. The highest BCUT2D eigenvalue weighted by Crippen LogP contribution is 2.20. The van der Waals surface area contributed by atoms with E-state index in [1.165, 1.54) is 31.4 Å². The number of nitrogens with zero attached hydrogens (tertiary/aromatic N) is 1. The molecule has 0 radical (unpaired) electrons. The molecule has 0 fully saturated rings. The minimum atomic E-state index is -1.14. The standard InChI is InChI=1S/C13H11ClN2O5/c1-20-6-10-5-11(16-21-10)12(17)15-9-3-7(13(18)19)2-8(14)4-9/h2-5H,6H2,1H3,(H,15,17)(H,18,19). The molecule has 2 rings (SSSR count). The van der Waals surface area contributed by atoms with Gasteiger partial charge in [0.25, 0.3) is 5.91 Å². The number of aromatic nitrogens is 1. The van der Waals surface area contributed by atoms with Gasteiger partial charge in [-0.05, 0) is 18.2 Å². The minimum absolute atomic E-state index is 0.0296. The fraction of sp³-hybridized carbons (Fsp3) is 0.154. The first-order valence-corrected chi connectivity index (χ1v) is 6.17. The van der Waals surface area contributed by atoms with Crippen LogP contribution in [0.3, 0.4) is 0 Å². The highest BCUT2D eigenvalue weighted by atomic mass is 35.5. The van der Waals surface area contributed by atoms with Crippen molar-refractivity contribution in [2.75, 3.05) is 12.4 Å². The quantitative estimate of drug-likeness (QED) is 0.879. The molecule has 0 aliphatic rings. The predicted octanol–water partition coefficient (Wildman–Crippen LogP) is 2.42. The van der Waals surface area contributed by atoms with Crippen molar-refractivity contribution in [3.63, 3.8) is 0 Å². The molecule has 110 valence electrons. The first kappa shape index (κ1) is 15.0. The average molecular weight is 311 g/mol. The van der Waals surface area contributed by atoms with E-state index in [2.05, 4.69) is 10.5 Å². The molecule has 0 spiro atoms. The number of halogens is 1. The van der Waals surface area contributed by atoms with Crippen LogP contribution in [0.25, 0.3) is 0 Å².